The standard InChI is InChI=1S/C13H25N3O3/c1-4-5-15-8-13(19)16(9-12(15)18)7-11(17)6-14-10(2)3/h10-11,14,17H,4-9H2,1-3H3. The third kappa shape index (κ3) is 5.16. The Morgan fingerprint density at radius 3 is 2.37 bits per heavy atom. The highest BCUT2D eigenvalue weighted by Crippen LogP contribution is 2.06. The van der Waals surface area contributed by atoms with Gasteiger partial charge in [-0.05, 0) is 6.42 Å². The van der Waals surface area contributed by atoms with E-state index in [1.165, 1.54) is 4.90 Å². The molecule has 1 aliphatic heterocycles. The van der Waals surface area contributed by atoms with E-state index in [0.717, 1.165) is 6.42 Å². The van der Waals surface area contributed by atoms with E-state index >= 15 is 0 Å². The van der Waals surface area contributed by atoms with Gasteiger partial charge in [0.2, 0.25) is 11.8 Å². The molecule has 110 valence electrons. The van der Waals surface area contributed by atoms with Crippen molar-refractivity contribution in [2.24, 2.45) is 0 Å². The quantitative estimate of drug-likeness (QED) is 0.650. The van der Waals surface area contributed by atoms with Crippen LogP contribution in [0.25, 0.3) is 0 Å². The van der Waals surface area contributed by atoms with Crippen LogP contribution in [0.2, 0.25) is 0 Å². The third-order valence-electron chi connectivity index (χ3n) is 3.04. The summed E-state index contributed by atoms with van der Waals surface area (Å²) < 4.78 is 0. The molecule has 0 aliphatic carbocycles. The van der Waals surface area contributed by atoms with E-state index in [1.54, 1.807) is 4.90 Å². The molecule has 19 heavy (non-hydrogen) atoms. The van der Waals surface area contributed by atoms with Crippen LogP contribution in [0.15, 0.2) is 0 Å². The van der Waals surface area contributed by atoms with E-state index < -0.39 is 6.10 Å². The summed E-state index contributed by atoms with van der Waals surface area (Å²) in [5, 5.41) is 12.9. The Morgan fingerprint density at radius 1 is 1.21 bits per heavy atom. The zero-order chi connectivity index (χ0) is 14.4. The molecule has 2 N–H and O–H groups in total. The van der Waals surface area contributed by atoms with Crippen LogP contribution in [0.5, 0.6) is 0 Å². The van der Waals surface area contributed by atoms with Gasteiger partial charge in [0, 0.05) is 25.7 Å². The van der Waals surface area contributed by atoms with E-state index in [0.29, 0.717) is 13.1 Å². The molecule has 0 aromatic carbocycles. The Bertz CT molecular complexity index is 320. The molecular formula is C13H25N3O3. The Labute approximate surface area is 114 Å². The lowest BCUT2D eigenvalue weighted by molar-refractivity contribution is -0.151. The number of amides is 2. The molecule has 1 aliphatic rings. The summed E-state index contributed by atoms with van der Waals surface area (Å²) in [6.07, 6.45) is 0.205. The fraction of sp³-hybridized carbons (Fsp3) is 0.846. The van der Waals surface area contributed by atoms with Crippen molar-refractivity contribution < 1.29 is 14.7 Å². The normalized spacial score (nSPS) is 18.4. The number of β-amino-alcohol motifs (C(OH)–C–C–N with tert-alkyl or cyclic N) is 1. The maximum absolute atomic E-state index is 11.9. The van der Waals surface area contributed by atoms with Gasteiger partial charge in [-0.2, -0.15) is 0 Å². The van der Waals surface area contributed by atoms with Crippen molar-refractivity contribution in [3.05, 3.63) is 0 Å². The van der Waals surface area contributed by atoms with Crippen LogP contribution in [-0.2, 0) is 9.59 Å². The van der Waals surface area contributed by atoms with Crippen molar-refractivity contribution in [2.75, 3.05) is 32.7 Å². The van der Waals surface area contributed by atoms with Crippen molar-refractivity contribution in [3.63, 3.8) is 0 Å². The topological polar surface area (TPSA) is 72.9 Å². The number of hydrogen-bond donors (Lipinski definition) is 2. The van der Waals surface area contributed by atoms with Crippen LogP contribution in [0.1, 0.15) is 27.2 Å². The lowest BCUT2D eigenvalue weighted by atomic mass is 10.2. The van der Waals surface area contributed by atoms with Gasteiger partial charge >= 0.3 is 0 Å². The van der Waals surface area contributed by atoms with Gasteiger partial charge in [0.15, 0.2) is 0 Å². The second-order valence-electron chi connectivity index (χ2n) is 5.31. The van der Waals surface area contributed by atoms with Crippen molar-refractivity contribution in [1.82, 2.24) is 15.1 Å². The lowest BCUT2D eigenvalue weighted by Gasteiger charge is -2.34. The Hall–Kier alpha value is -1.14. The molecule has 0 aromatic rings. The van der Waals surface area contributed by atoms with Crippen LogP contribution in [0, 0.1) is 0 Å². The van der Waals surface area contributed by atoms with Crippen LogP contribution < -0.4 is 5.32 Å². The van der Waals surface area contributed by atoms with Crippen molar-refractivity contribution >= 4 is 11.8 Å². The molecule has 1 rings (SSSR count). The first kappa shape index (κ1) is 15.9. The lowest BCUT2D eigenvalue weighted by Crippen LogP contribution is -2.56. The largest absolute Gasteiger partial charge is 0.390 e. The third-order valence-corrected chi connectivity index (χ3v) is 3.04. The van der Waals surface area contributed by atoms with Crippen molar-refractivity contribution in [2.45, 2.75) is 39.3 Å². The first-order chi connectivity index (χ1) is 8.93. The molecule has 1 atom stereocenters. The van der Waals surface area contributed by atoms with Gasteiger partial charge in [0.05, 0.1) is 19.2 Å². The number of hydrogen-bond acceptors (Lipinski definition) is 4. The average Bonchev–Trinajstić information content (AvgIpc) is 2.33. The fourth-order valence-corrected chi connectivity index (χ4v) is 2.03. The number of aliphatic hydroxyl groups is 1. The molecule has 1 saturated heterocycles. The van der Waals surface area contributed by atoms with E-state index in [9.17, 15) is 14.7 Å². The van der Waals surface area contributed by atoms with E-state index in [2.05, 4.69) is 5.32 Å². The molecule has 0 spiro atoms. The Morgan fingerprint density at radius 2 is 1.79 bits per heavy atom. The molecular weight excluding hydrogens is 246 g/mol. The molecule has 1 heterocycles. The maximum atomic E-state index is 11.9. The summed E-state index contributed by atoms with van der Waals surface area (Å²) in [4.78, 5) is 26.7. The second kappa shape index (κ2) is 7.45. The number of rotatable bonds is 7. The number of piperazine rings is 1. The number of carbonyl (C=O) groups is 2. The molecule has 0 aromatic heterocycles. The minimum atomic E-state index is -0.642. The van der Waals surface area contributed by atoms with Gasteiger partial charge in [-0.3, -0.25) is 9.59 Å². The predicted molar refractivity (Wildman–Crippen MR) is 72.6 cm³/mol. The molecule has 6 heteroatoms. The predicted octanol–water partition coefficient (Wildman–Crippen LogP) is -0.574. The average molecular weight is 271 g/mol. The number of nitrogens with zero attached hydrogens (tertiary/aromatic N) is 2. The maximum Gasteiger partial charge on any atom is 0.242 e. The highest BCUT2D eigenvalue weighted by molar-refractivity contribution is 5.92. The molecule has 2 amide bonds. The highest BCUT2D eigenvalue weighted by Gasteiger charge is 2.30. The van der Waals surface area contributed by atoms with Crippen LogP contribution in [0.3, 0.4) is 0 Å². The molecule has 0 bridgehead atoms. The summed E-state index contributed by atoms with van der Waals surface area (Å²) >= 11 is 0. The van der Waals surface area contributed by atoms with Gasteiger partial charge in [0.1, 0.15) is 0 Å². The second-order valence-corrected chi connectivity index (χ2v) is 5.31. The fourth-order valence-electron chi connectivity index (χ4n) is 2.03. The molecule has 0 radical (unpaired) electrons. The van der Waals surface area contributed by atoms with Crippen molar-refractivity contribution in [1.29, 1.82) is 0 Å². The molecule has 1 fully saturated rings. The van der Waals surface area contributed by atoms with Crippen LogP contribution in [-0.4, -0.2) is 71.6 Å². The highest BCUT2D eigenvalue weighted by atomic mass is 16.3. The number of aliphatic hydroxyl groups excluding tert-OH is 1. The minimum Gasteiger partial charge on any atom is -0.390 e. The SMILES string of the molecule is CCCN1CC(=O)N(CC(O)CNC(C)C)CC1=O. The van der Waals surface area contributed by atoms with Gasteiger partial charge < -0.3 is 20.2 Å². The first-order valence-electron chi connectivity index (χ1n) is 6.91. The van der Waals surface area contributed by atoms with Crippen molar-refractivity contribution in [3.8, 4) is 0 Å². The molecule has 1 unspecified atom stereocenters. The summed E-state index contributed by atoms with van der Waals surface area (Å²) in [7, 11) is 0. The van der Waals surface area contributed by atoms with E-state index in [1.807, 2.05) is 20.8 Å². The van der Waals surface area contributed by atoms with Crippen LogP contribution >= 0.6 is 0 Å². The molecule has 6 nitrogen and oxygen atoms in total. The zero-order valence-corrected chi connectivity index (χ0v) is 12.1. The van der Waals surface area contributed by atoms with Gasteiger partial charge in [-0.1, -0.05) is 20.8 Å². The summed E-state index contributed by atoms with van der Waals surface area (Å²) in [5.41, 5.74) is 0. The molecule has 0 saturated carbocycles. The number of nitrogens with one attached hydrogen (secondary N) is 1. The van der Waals surface area contributed by atoms with E-state index in [-0.39, 0.29) is 37.5 Å². The number of carbonyl (C=O) groups excluding carboxylic acids is 2. The smallest absolute Gasteiger partial charge is 0.242 e. The van der Waals surface area contributed by atoms with Crippen LogP contribution in [0.4, 0.5) is 0 Å². The van der Waals surface area contributed by atoms with Gasteiger partial charge in [0.25, 0.3) is 0 Å². The van der Waals surface area contributed by atoms with E-state index in [4.69, 9.17) is 0 Å². The Balaban J connectivity index is 2.43. The summed E-state index contributed by atoms with van der Waals surface area (Å²) in [5.74, 6) is -0.123. The summed E-state index contributed by atoms with van der Waals surface area (Å²) in [6.45, 7) is 7.43. The summed E-state index contributed by atoms with van der Waals surface area (Å²) in [6, 6.07) is 0.286. The van der Waals surface area contributed by atoms with Gasteiger partial charge in [-0.15, -0.1) is 0 Å². The zero-order valence-electron chi connectivity index (χ0n) is 12.1. The monoisotopic (exact) mass is 271 g/mol. The van der Waals surface area contributed by atoms with Gasteiger partial charge in [-0.25, -0.2) is 0 Å². The Kier molecular flexibility index (Phi) is 6.24. The minimum absolute atomic E-state index is 0.0366. The first-order valence-corrected chi connectivity index (χ1v) is 6.91.